The molecule has 8 nitrogen and oxygen atoms in total. The molecule has 4 aromatic rings. The van der Waals surface area contributed by atoms with Crippen LogP contribution in [0, 0.1) is 0 Å². The van der Waals surface area contributed by atoms with Crippen molar-refractivity contribution in [3.8, 4) is 16.9 Å². The highest BCUT2D eigenvalue weighted by molar-refractivity contribution is 6.06. The third-order valence-corrected chi connectivity index (χ3v) is 5.43. The van der Waals surface area contributed by atoms with Gasteiger partial charge in [-0.1, -0.05) is 36.4 Å². The number of carbonyl (C=O) groups excluding carboxylic acids is 1. The second-order valence-corrected chi connectivity index (χ2v) is 8.10. The van der Waals surface area contributed by atoms with E-state index in [9.17, 15) is 14.7 Å². The summed E-state index contributed by atoms with van der Waals surface area (Å²) in [4.78, 5) is 24.5. The molecular weight excluding hydrogens is 444 g/mol. The van der Waals surface area contributed by atoms with Gasteiger partial charge < -0.3 is 20.9 Å². The fraction of sp³-hybridized carbons (Fsp3) is 0.148. The van der Waals surface area contributed by atoms with Crippen molar-refractivity contribution < 1.29 is 19.4 Å². The molecule has 0 bridgehead atoms. The topological polar surface area (TPSA) is 119 Å². The van der Waals surface area contributed by atoms with E-state index < -0.39 is 5.97 Å². The molecule has 0 unspecified atom stereocenters. The quantitative estimate of drug-likeness (QED) is 0.340. The molecule has 1 aromatic heterocycles. The van der Waals surface area contributed by atoms with E-state index in [0.717, 1.165) is 22.4 Å². The van der Waals surface area contributed by atoms with Crippen molar-refractivity contribution >= 4 is 17.6 Å². The van der Waals surface area contributed by atoms with Crippen LogP contribution in [0.2, 0.25) is 0 Å². The van der Waals surface area contributed by atoms with Crippen LogP contribution in [-0.4, -0.2) is 26.8 Å². The fourth-order valence-corrected chi connectivity index (χ4v) is 3.71. The Kier molecular flexibility index (Phi) is 7.23. The summed E-state index contributed by atoms with van der Waals surface area (Å²) in [6.07, 6.45) is 1.64. The lowest BCUT2D eigenvalue weighted by molar-refractivity contribution is -0.136. The number of carboxylic acid groups (broad SMARTS) is 1. The lowest BCUT2D eigenvalue weighted by Crippen LogP contribution is -2.15. The molecule has 0 saturated carbocycles. The number of carboxylic acids is 1. The van der Waals surface area contributed by atoms with Gasteiger partial charge in [-0.2, -0.15) is 5.10 Å². The number of ether oxygens (including phenoxy) is 1. The standard InChI is InChI=1S/C27H26N4O4/c1-31-10-9-23(30-31)17-35-24-13-21(19-7-4-5-18(11-19)16-28)12-22(14-24)27(34)29-25-8-3-2-6-20(25)15-26(32)33/h2-14H,15-17,28H2,1H3,(H,29,34)(H,32,33). The molecule has 0 fully saturated rings. The highest BCUT2D eigenvalue weighted by atomic mass is 16.5. The summed E-state index contributed by atoms with van der Waals surface area (Å²) in [6, 6.07) is 21.8. The number of hydrogen-bond acceptors (Lipinski definition) is 5. The predicted octanol–water partition coefficient (Wildman–Crippen LogP) is 4.00. The molecule has 0 saturated heterocycles. The first-order chi connectivity index (χ1) is 16.9. The monoisotopic (exact) mass is 470 g/mol. The number of benzene rings is 3. The van der Waals surface area contributed by atoms with Crippen LogP contribution in [0.25, 0.3) is 11.1 Å². The zero-order chi connectivity index (χ0) is 24.8. The zero-order valence-corrected chi connectivity index (χ0v) is 19.3. The molecule has 0 atom stereocenters. The van der Waals surface area contributed by atoms with Gasteiger partial charge in [0.2, 0.25) is 0 Å². The Balaban J connectivity index is 1.66. The van der Waals surface area contributed by atoms with Crippen LogP contribution in [0.5, 0.6) is 5.75 Å². The number of rotatable bonds is 9. The molecule has 3 aromatic carbocycles. The molecule has 35 heavy (non-hydrogen) atoms. The van der Waals surface area contributed by atoms with Crippen molar-refractivity contribution in [3.63, 3.8) is 0 Å². The van der Waals surface area contributed by atoms with E-state index in [1.54, 1.807) is 41.1 Å². The zero-order valence-electron chi connectivity index (χ0n) is 19.3. The Morgan fingerprint density at radius 3 is 2.60 bits per heavy atom. The Bertz CT molecular complexity index is 1360. The van der Waals surface area contributed by atoms with Gasteiger partial charge in [-0.05, 0) is 58.7 Å². The fourth-order valence-electron chi connectivity index (χ4n) is 3.71. The number of nitrogens with two attached hydrogens (primary N) is 1. The molecule has 1 heterocycles. The number of carbonyl (C=O) groups is 2. The maximum Gasteiger partial charge on any atom is 0.307 e. The van der Waals surface area contributed by atoms with Crippen LogP contribution in [0.4, 0.5) is 5.69 Å². The molecular formula is C27H26N4O4. The molecule has 1 amide bonds. The molecule has 0 aliphatic carbocycles. The van der Waals surface area contributed by atoms with Crippen molar-refractivity contribution in [1.29, 1.82) is 0 Å². The van der Waals surface area contributed by atoms with Gasteiger partial charge >= 0.3 is 5.97 Å². The first-order valence-corrected chi connectivity index (χ1v) is 11.1. The predicted molar refractivity (Wildman–Crippen MR) is 133 cm³/mol. The molecule has 178 valence electrons. The molecule has 0 aliphatic rings. The average molecular weight is 471 g/mol. The van der Waals surface area contributed by atoms with Gasteiger partial charge in [0.05, 0.1) is 12.1 Å². The third kappa shape index (κ3) is 6.13. The van der Waals surface area contributed by atoms with E-state index in [2.05, 4.69) is 10.4 Å². The van der Waals surface area contributed by atoms with E-state index in [1.807, 2.05) is 49.6 Å². The summed E-state index contributed by atoms with van der Waals surface area (Å²) in [6.45, 7) is 0.646. The smallest absolute Gasteiger partial charge is 0.307 e. The minimum absolute atomic E-state index is 0.194. The molecule has 8 heteroatoms. The highest BCUT2D eigenvalue weighted by Gasteiger charge is 2.14. The van der Waals surface area contributed by atoms with Crippen LogP contribution in [0.15, 0.2) is 79.0 Å². The minimum atomic E-state index is -0.973. The maximum absolute atomic E-state index is 13.2. The summed E-state index contributed by atoms with van der Waals surface area (Å²) in [5.41, 5.74) is 10.6. The minimum Gasteiger partial charge on any atom is -0.487 e. The highest BCUT2D eigenvalue weighted by Crippen LogP contribution is 2.28. The lowest BCUT2D eigenvalue weighted by atomic mass is 10.00. The van der Waals surface area contributed by atoms with Crippen molar-refractivity contribution in [3.05, 3.63) is 101 Å². The number of aryl methyl sites for hydroxylation is 1. The lowest BCUT2D eigenvalue weighted by Gasteiger charge is -2.13. The van der Waals surface area contributed by atoms with Gasteiger partial charge in [0.1, 0.15) is 12.4 Å². The number of amides is 1. The van der Waals surface area contributed by atoms with Gasteiger partial charge in [0, 0.05) is 31.0 Å². The summed E-state index contributed by atoms with van der Waals surface area (Å²) in [5.74, 6) is -0.837. The van der Waals surface area contributed by atoms with Crippen molar-refractivity contribution in [2.75, 3.05) is 5.32 Å². The van der Waals surface area contributed by atoms with E-state index in [4.69, 9.17) is 10.5 Å². The Morgan fingerprint density at radius 2 is 1.86 bits per heavy atom. The Hall–Kier alpha value is -4.43. The SMILES string of the molecule is Cn1ccc(COc2cc(C(=O)Nc3ccccc3CC(=O)O)cc(-c3cccc(CN)c3)c2)n1. The summed E-state index contributed by atoms with van der Waals surface area (Å²) in [5, 5.41) is 16.4. The molecule has 0 radical (unpaired) electrons. The summed E-state index contributed by atoms with van der Waals surface area (Å²) >= 11 is 0. The first kappa shape index (κ1) is 23.7. The first-order valence-electron chi connectivity index (χ1n) is 11.1. The third-order valence-electron chi connectivity index (χ3n) is 5.43. The number of nitrogens with zero attached hydrogens (tertiary/aromatic N) is 2. The summed E-state index contributed by atoms with van der Waals surface area (Å²) in [7, 11) is 1.83. The number of hydrogen-bond donors (Lipinski definition) is 3. The maximum atomic E-state index is 13.2. The van der Waals surface area contributed by atoms with Gasteiger partial charge in [-0.15, -0.1) is 0 Å². The number of anilines is 1. The second kappa shape index (κ2) is 10.7. The van der Waals surface area contributed by atoms with Crippen LogP contribution < -0.4 is 15.8 Å². The van der Waals surface area contributed by atoms with E-state index in [1.165, 1.54) is 0 Å². The van der Waals surface area contributed by atoms with Crippen molar-refractivity contribution in [2.24, 2.45) is 12.8 Å². The molecule has 0 aliphatic heterocycles. The van der Waals surface area contributed by atoms with Crippen molar-refractivity contribution in [1.82, 2.24) is 9.78 Å². The molecule has 0 spiro atoms. The van der Waals surface area contributed by atoms with Gasteiger partial charge in [0.15, 0.2) is 0 Å². The second-order valence-electron chi connectivity index (χ2n) is 8.10. The van der Waals surface area contributed by atoms with E-state index in [-0.39, 0.29) is 18.9 Å². The summed E-state index contributed by atoms with van der Waals surface area (Å²) < 4.78 is 7.68. The molecule has 4 N–H and O–H groups in total. The van der Waals surface area contributed by atoms with Crippen LogP contribution in [0.1, 0.15) is 27.2 Å². The Labute approximate surface area is 203 Å². The van der Waals surface area contributed by atoms with Gasteiger partial charge in [0.25, 0.3) is 5.91 Å². The number of nitrogens with one attached hydrogen (secondary N) is 1. The molecule has 4 rings (SSSR count). The van der Waals surface area contributed by atoms with Gasteiger partial charge in [-0.25, -0.2) is 0 Å². The number of para-hydroxylation sites is 1. The van der Waals surface area contributed by atoms with Gasteiger partial charge in [-0.3, -0.25) is 14.3 Å². The Morgan fingerprint density at radius 1 is 1.03 bits per heavy atom. The normalized spacial score (nSPS) is 10.7. The number of aromatic nitrogens is 2. The number of aliphatic carboxylic acids is 1. The average Bonchev–Trinajstić information content (AvgIpc) is 3.28. The van der Waals surface area contributed by atoms with Crippen LogP contribution >= 0.6 is 0 Å². The van der Waals surface area contributed by atoms with Crippen LogP contribution in [0.3, 0.4) is 0 Å². The van der Waals surface area contributed by atoms with Crippen molar-refractivity contribution in [2.45, 2.75) is 19.6 Å². The largest absolute Gasteiger partial charge is 0.487 e. The van der Waals surface area contributed by atoms with E-state index in [0.29, 0.717) is 29.1 Å². The van der Waals surface area contributed by atoms with E-state index >= 15 is 0 Å². The van der Waals surface area contributed by atoms with Crippen LogP contribution in [-0.2, 0) is 31.4 Å².